The van der Waals surface area contributed by atoms with Gasteiger partial charge in [-0.05, 0) is 24.3 Å². The van der Waals surface area contributed by atoms with Crippen molar-refractivity contribution < 1.29 is 4.79 Å². The molecular formula is C14H10N2OS. The van der Waals surface area contributed by atoms with Crippen molar-refractivity contribution in [1.82, 2.24) is 0 Å². The zero-order valence-corrected chi connectivity index (χ0v) is 10.3. The lowest BCUT2D eigenvalue weighted by atomic mass is 10.1. The van der Waals surface area contributed by atoms with E-state index in [-0.39, 0.29) is 11.4 Å². The topological polar surface area (TPSA) is 32.3 Å². The summed E-state index contributed by atoms with van der Waals surface area (Å²) in [6, 6.07) is 15.7. The predicted molar refractivity (Wildman–Crippen MR) is 73.0 cm³/mol. The van der Waals surface area contributed by atoms with Gasteiger partial charge in [0.05, 0.1) is 11.3 Å². The van der Waals surface area contributed by atoms with Gasteiger partial charge in [-0.25, -0.2) is 0 Å². The summed E-state index contributed by atoms with van der Waals surface area (Å²) >= 11 is 1.68. The quantitative estimate of drug-likeness (QED) is 0.784. The summed E-state index contributed by atoms with van der Waals surface area (Å²) in [5.41, 5.74) is 2.64. The number of nitrogens with one attached hydrogen (secondary N) is 1. The van der Waals surface area contributed by atoms with Gasteiger partial charge in [-0.15, -0.1) is 0 Å². The van der Waals surface area contributed by atoms with Crippen molar-refractivity contribution in [2.24, 2.45) is 0 Å². The third kappa shape index (κ3) is 1.24. The van der Waals surface area contributed by atoms with Gasteiger partial charge < -0.3 is 5.32 Å². The van der Waals surface area contributed by atoms with E-state index in [0.717, 1.165) is 21.8 Å². The molecule has 0 fully saturated rings. The van der Waals surface area contributed by atoms with Crippen LogP contribution in [0.1, 0.15) is 10.4 Å². The monoisotopic (exact) mass is 254 g/mol. The molecule has 0 bridgehead atoms. The van der Waals surface area contributed by atoms with Gasteiger partial charge in [-0.1, -0.05) is 36.0 Å². The van der Waals surface area contributed by atoms with Gasteiger partial charge in [0.1, 0.15) is 0 Å². The van der Waals surface area contributed by atoms with Crippen molar-refractivity contribution in [2.75, 3.05) is 10.2 Å². The molecule has 18 heavy (non-hydrogen) atoms. The van der Waals surface area contributed by atoms with Gasteiger partial charge in [-0.2, -0.15) is 0 Å². The molecule has 0 saturated carbocycles. The second kappa shape index (κ2) is 3.53. The molecule has 4 heteroatoms. The second-order valence-corrected chi connectivity index (χ2v) is 5.43. The molecule has 2 aliphatic heterocycles. The number of hydrogen-bond acceptors (Lipinski definition) is 3. The summed E-state index contributed by atoms with van der Waals surface area (Å²) in [4.78, 5) is 15.5. The molecule has 1 atom stereocenters. The van der Waals surface area contributed by atoms with Crippen molar-refractivity contribution in [3.05, 3.63) is 54.1 Å². The smallest absolute Gasteiger partial charge is 0.262 e. The molecule has 0 unspecified atom stereocenters. The number of thioether (sulfide) groups is 1. The molecule has 4 rings (SSSR count). The Hall–Kier alpha value is -1.94. The van der Waals surface area contributed by atoms with Crippen LogP contribution >= 0.6 is 11.8 Å². The summed E-state index contributed by atoms with van der Waals surface area (Å²) in [6.45, 7) is 0. The molecule has 0 spiro atoms. The zero-order valence-electron chi connectivity index (χ0n) is 9.46. The minimum absolute atomic E-state index is 0.0233. The van der Waals surface area contributed by atoms with E-state index in [1.54, 1.807) is 11.8 Å². The number of carbonyl (C=O) groups is 1. The van der Waals surface area contributed by atoms with Crippen molar-refractivity contribution >= 4 is 29.0 Å². The number of benzene rings is 2. The molecule has 0 aliphatic carbocycles. The fourth-order valence-electron chi connectivity index (χ4n) is 2.42. The minimum Gasteiger partial charge on any atom is -0.355 e. The van der Waals surface area contributed by atoms with Crippen molar-refractivity contribution in [1.29, 1.82) is 0 Å². The van der Waals surface area contributed by atoms with E-state index in [1.807, 2.05) is 47.4 Å². The maximum atomic E-state index is 12.5. The molecule has 2 aromatic carbocycles. The Morgan fingerprint density at radius 3 is 2.78 bits per heavy atom. The van der Waals surface area contributed by atoms with Crippen LogP contribution in [0.3, 0.4) is 0 Å². The van der Waals surface area contributed by atoms with E-state index >= 15 is 0 Å². The van der Waals surface area contributed by atoms with Crippen molar-refractivity contribution in [3.8, 4) is 0 Å². The Bertz CT molecular complexity index is 656. The summed E-state index contributed by atoms with van der Waals surface area (Å²) in [6.07, 6.45) is 0. The molecule has 1 N–H and O–H groups in total. The first-order chi connectivity index (χ1) is 8.84. The highest BCUT2D eigenvalue weighted by atomic mass is 32.2. The minimum atomic E-state index is -0.0233. The van der Waals surface area contributed by atoms with Crippen molar-refractivity contribution in [3.63, 3.8) is 0 Å². The molecular weight excluding hydrogens is 244 g/mol. The van der Waals surface area contributed by atoms with Crippen LogP contribution in [0.2, 0.25) is 0 Å². The van der Waals surface area contributed by atoms with Crippen LogP contribution in [0.4, 0.5) is 11.4 Å². The fraction of sp³-hybridized carbons (Fsp3) is 0.0714. The van der Waals surface area contributed by atoms with E-state index in [2.05, 4.69) is 11.4 Å². The van der Waals surface area contributed by atoms with E-state index in [9.17, 15) is 4.79 Å². The number of para-hydroxylation sites is 2. The number of anilines is 2. The SMILES string of the molecule is O=C1c2ccccc2N[C@H]2Sc3ccccc3N12. The number of hydrogen-bond donors (Lipinski definition) is 1. The lowest BCUT2D eigenvalue weighted by molar-refractivity contribution is 0.0984. The maximum absolute atomic E-state index is 12.5. The molecule has 3 nitrogen and oxygen atoms in total. The van der Waals surface area contributed by atoms with Crippen LogP contribution in [-0.2, 0) is 0 Å². The Morgan fingerprint density at radius 1 is 1.06 bits per heavy atom. The Morgan fingerprint density at radius 2 is 1.83 bits per heavy atom. The van der Waals surface area contributed by atoms with Crippen LogP contribution in [0.25, 0.3) is 0 Å². The maximum Gasteiger partial charge on any atom is 0.262 e. The lowest BCUT2D eigenvalue weighted by Gasteiger charge is -2.32. The van der Waals surface area contributed by atoms with Crippen LogP contribution in [0, 0.1) is 0 Å². The number of nitrogens with zero attached hydrogens (tertiary/aromatic N) is 1. The van der Waals surface area contributed by atoms with Crippen LogP contribution in [0.5, 0.6) is 0 Å². The molecule has 88 valence electrons. The van der Waals surface area contributed by atoms with Gasteiger partial charge >= 0.3 is 0 Å². The average molecular weight is 254 g/mol. The summed E-state index contributed by atoms with van der Waals surface area (Å²) in [5, 5.41) is 3.40. The van der Waals surface area contributed by atoms with Crippen LogP contribution < -0.4 is 10.2 Å². The lowest BCUT2D eigenvalue weighted by Crippen LogP contribution is -2.44. The largest absolute Gasteiger partial charge is 0.355 e. The van der Waals surface area contributed by atoms with E-state index in [1.165, 1.54) is 0 Å². The molecule has 2 aromatic rings. The number of rotatable bonds is 0. The highest BCUT2D eigenvalue weighted by molar-refractivity contribution is 8.00. The molecule has 0 radical (unpaired) electrons. The molecule has 2 aliphatic rings. The highest BCUT2D eigenvalue weighted by Crippen LogP contribution is 2.46. The normalized spacial score (nSPS) is 19.9. The Kier molecular flexibility index (Phi) is 1.96. The van der Waals surface area contributed by atoms with E-state index in [0.29, 0.717) is 0 Å². The van der Waals surface area contributed by atoms with Gasteiger partial charge in [0.15, 0.2) is 5.50 Å². The summed E-state index contributed by atoms with van der Waals surface area (Å²) in [5.74, 6) is 0.0757. The van der Waals surface area contributed by atoms with Gasteiger partial charge in [0.25, 0.3) is 5.91 Å². The molecule has 0 aromatic heterocycles. The third-order valence-corrected chi connectivity index (χ3v) is 4.40. The van der Waals surface area contributed by atoms with Crippen molar-refractivity contribution in [2.45, 2.75) is 10.4 Å². The van der Waals surface area contributed by atoms with Crippen LogP contribution in [0.15, 0.2) is 53.4 Å². The first kappa shape index (κ1) is 10.0. The Balaban J connectivity index is 1.88. The summed E-state index contributed by atoms with van der Waals surface area (Å²) in [7, 11) is 0. The van der Waals surface area contributed by atoms with E-state index < -0.39 is 0 Å². The van der Waals surface area contributed by atoms with E-state index in [4.69, 9.17) is 0 Å². The molecule has 0 saturated heterocycles. The number of fused-ring (bicyclic) bond motifs is 4. The first-order valence-corrected chi connectivity index (χ1v) is 6.67. The fourth-order valence-corrected chi connectivity index (χ4v) is 3.61. The second-order valence-electron chi connectivity index (χ2n) is 4.30. The van der Waals surface area contributed by atoms with Gasteiger partial charge in [-0.3, -0.25) is 9.69 Å². The average Bonchev–Trinajstić information content (AvgIpc) is 2.77. The van der Waals surface area contributed by atoms with Crippen LogP contribution in [-0.4, -0.2) is 11.4 Å². The number of carbonyl (C=O) groups excluding carboxylic acids is 1. The first-order valence-electron chi connectivity index (χ1n) is 5.79. The zero-order chi connectivity index (χ0) is 12.1. The number of amides is 1. The third-order valence-electron chi connectivity index (χ3n) is 3.25. The standard InChI is InChI=1S/C14H10N2OS/c17-13-9-5-1-2-6-10(9)15-14-16(13)11-7-3-4-8-12(11)18-14/h1-8,14-15H/t14-/m1/s1. The van der Waals surface area contributed by atoms with Gasteiger partial charge in [0, 0.05) is 10.6 Å². The van der Waals surface area contributed by atoms with Gasteiger partial charge in [0.2, 0.25) is 0 Å². The molecule has 2 heterocycles. The predicted octanol–water partition coefficient (Wildman–Crippen LogP) is 3.15. The highest BCUT2D eigenvalue weighted by Gasteiger charge is 2.39. The summed E-state index contributed by atoms with van der Waals surface area (Å²) < 4.78 is 0. The molecule has 1 amide bonds. The Labute approximate surface area is 109 Å².